The molecule has 2 aromatic heterocycles. The summed E-state index contributed by atoms with van der Waals surface area (Å²) in [5, 5.41) is 13.7. The van der Waals surface area contributed by atoms with Crippen LogP contribution in [0.15, 0.2) is 48.9 Å². The molecule has 5 heteroatoms. The Labute approximate surface area is 128 Å². The van der Waals surface area contributed by atoms with Crippen molar-refractivity contribution in [2.75, 3.05) is 7.11 Å². The van der Waals surface area contributed by atoms with Gasteiger partial charge in [-0.2, -0.15) is 5.26 Å². The van der Waals surface area contributed by atoms with Crippen molar-refractivity contribution in [3.8, 4) is 11.8 Å². The maximum atomic E-state index is 9.49. The minimum atomic E-state index is -0.402. The van der Waals surface area contributed by atoms with Crippen molar-refractivity contribution in [1.29, 1.82) is 5.26 Å². The van der Waals surface area contributed by atoms with Gasteiger partial charge >= 0.3 is 0 Å². The second-order valence-electron chi connectivity index (χ2n) is 4.96. The lowest BCUT2D eigenvalue weighted by Gasteiger charge is -2.11. The minimum Gasteiger partial charge on any atom is -0.497 e. The summed E-state index contributed by atoms with van der Waals surface area (Å²) in [5.74, 6) is 0.775. The van der Waals surface area contributed by atoms with E-state index in [-0.39, 0.29) is 0 Å². The molecule has 3 aromatic rings. The van der Waals surface area contributed by atoms with Gasteiger partial charge in [-0.25, -0.2) is 0 Å². The monoisotopic (exact) mass is 292 g/mol. The van der Waals surface area contributed by atoms with Gasteiger partial charge in [0.25, 0.3) is 0 Å². The first kappa shape index (κ1) is 14.1. The third-order valence-corrected chi connectivity index (χ3v) is 3.59. The van der Waals surface area contributed by atoms with Crippen molar-refractivity contribution in [3.63, 3.8) is 0 Å². The first-order valence-electron chi connectivity index (χ1n) is 6.98. The molecule has 2 heterocycles. The Kier molecular flexibility index (Phi) is 4.03. The molecule has 0 aliphatic rings. The van der Waals surface area contributed by atoms with Crippen LogP contribution in [-0.4, -0.2) is 17.1 Å². The van der Waals surface area contributed by atoms with Crippen LogP contribution in [0, 0.1) is 11.3 Å². The molecule has 0 radical (unpaired) electrons. The SMILES string of the molecule is COc1ccc2[nH]cc(C(C#N)NCc3cccnc3)c2c1. The molecule has 1 atom stereocenters. The van der Waals surface area contributed by atoms with E-state index in [2.05, 4.69) is 21.4 Å². The zero-order valence-electron chi connectivity index (χ0n) is 12.2. The quantitative estimate of drug-likeness (QED) is 0.758. The number of H-pyrrole nitrogens is 1. The van der Waals surface area contributed by atoms with Gasteiger partial charge < -0.3 is 9.72 Å². The fraction of sp³-hybridized carbons (Fsp3) is 0.176. The van der Waals surface area contributed by atoms with E-state index >= 15 is 0 Å². The highest BCUT2D eigenvalue weighted by molar-refractivity contribution is 5.85. The molecule has 110 valence electrons. The predicted octanol–water partition coefficient (Wildman–Crippen LogP) is 2.93. The Morgan fingerprint density at radius 1 is 1.41 bits per heavy atom. The molecule has 2 N–H and O–H groups in total. The number of hydrogen-bond donors (Lipinski definition) is 2. The highest BCUT2D eigenvalue weighted by Crippen LogP contribution is 2.27. The third-order valence-electron chi connectivity index (χ3n) is 3.59. The summed E-state index contributed by atoms with van der Waals surface area (Å²) in [5.41, 5.74) is 2.94. The standard InChI is InChI=1S/C17H16N4O/c1-22-13-4-5-16-14(7-13)15(11-21-16)17(8-18)20-10-12-3-2-6-19-9-12/h2-7,9,11,17,20-21H,10H2,1H3. The fourth-order valence-corrected chi connectivity index (χ4v) is 2.43. The van der Waals surface area contributed by atoms with Crippen molar-refractivity contribution in [3.05, 3.63) is 60.0 Å². The maximum Gasteiger partial charge on any atom is 0.123 e. The van der Waals surface area contributed by atoms with Crippen LogP contribution in [0.2, 0.25) is 0 Å². The maximum absolute atomic E-state index is 9.49. The number of aromatic amines is 1. The average molecular weight is 292 g/mol. The Balaban J connectivity index is 1.86. The van der Waals surface area contributed by atoms with Crippen LogP contribution in [-0.2, 0) is 6.54 Å². The average Bonchev–Trinajstić information content (AvgIpc) is 2.99. The Bertz CT molecular complexity index is 804. The molecule has 1 aromatic carbocycles. The van der Waals surface area contributed by atoms with Crippen molar-refractivity contribution in [2.45, 2.75) is 12.6 Å². The zero-order valence-corrected chi connectivity index (χ0v) is 12.2. The summed E-state index contributed by atoms with van der Waals surface area (Å²) in [7, 11) is 1.63. The van der Waals surface area contributed by atoms with E-state index in [1.54, 1.807) is 19.5 Å². The predicted molar refractivity (Wildman–Crippen MR) is 84.3 cm³/mol. The van der Waals surface area contributed by atoms with Gasteiger partial charge in [-0.05, 0) is 29.8 Å². The van der Waals surface area contributed by atoms with E-state index in [9.17, 15) is 5.26 Å². The molecule has 0 aliphatic heterocycles. The summed E-state index contributed by atoms with van der Waals surface area (Å²) in [6, 6.07) is 11.6. The molecule has 0 fully saturated rings. The number of methoxy groups -OCH3 is 1. The van der Waals surface area contributed by atoms with Crippen LogP contribution in [0.5, 0.6) is 5.75 Å². The third kappa shape index (κ3) is 2.78. The molecule has 0 bridgehead atoms. The fourth-order valence-electron chi connectivity index (χ4n) is 2.43. The molecule has 0 spiro atoms. The number of aromatic nitrogens is 2. The summed E-state index contributed by atoms with van der Waals surface area (Å²) < 4.78 is 5.26. The molecule has 1 unspecified atom stereocenters. The molecular weight excluding hydrogens is 276 g/mol. The largest absolute Gasteiger partial charge is 0.497 e. The van der Waals surface area contributed by atoms with Crippen LogP contribution in [0.4, 0.5) is 0 Å². The number of nitrogens with one attached hydrogen (secondary N) is 2. The first-order chi connectivity index (χ1) is 10.8. The molecule has 0 saturated carbocycles. The lowest BCUT2D eigenvalue weighted by Crippen LogP contribution is -2.19. The van der Waals surface area contributed by atoms with Gasteiger partial charge in [0.05, 0.1) is 13.2 Å². The highest BCUT2D eigenvalue weighted by Gasteiger charge is 2.15. The van der Waals surface area contributed by atoms with Crippen LogP contribution < -0.4 is 10.1 Å². The Morgan fingerprint density at radius 3 is 3.05 bits per heavy atom. The lowest BCUT2D eigenvalue weighted by molar-refractivity contribution is 0.415. The first-order valence-corrected chi connectivity index (χ1v) is 6.98. The van der Waals surface area contributed by atoms with Gasteiger partial charge in [-0.15, -0.1) is 0 Å². The molecule has 0 aliphatic carbocycles. The highest BCUT2D eigenvalue weighted by atomic mass is 16.5. The van der Waals surface area contributed by atoms with Crippen LogP contribution in [0.3, 0.4) is 0 Å². The molecule has 5 nitrogen and oxygen atoms in total. The second kappa shape index (κ2) is 6.29. The second-order valence-corrected chi connectivity index (χ2v) is 4.96. The summed E-state index contributed by atoms with van der Waals surface area (Å²) in [4.78, 5) is 7.27. The smallest absolute Gasteiger partial charge is 0.123 e. The van der Waals surface area contributed by atoms with Crippen molar-refractivity contribution in [2.24, 2.45) is 0 Å². The van der Waals surface area contributed by atoms with Gasteiger partial charge in [0.15, 0.2) is 0 Å². The van der Waals surface area contributed by atoms with Crippen LogP contribution >= 0.6 is 0 Å². The van der Waals surface area contributed by atoms with E-state index in [0.29, 0.717) is 6.54 Å². The number of fused-ring (bicyclic) bond motifs is 1. The molecule has 0 saturated heterocycles. The van der Waals surface area contributed by atoms with E-state index in [4.69, 9.17) is 4.74 Å². The van der Waals surface area contributed by atoms with E-state index in [0.717, 1.165) is 27.8 Å². The summed E-state index contributed by atoms with van der Waals surface area (Å²) in [6.07, 6.45) is 5.39. The molecule has 3 rings (SSSR count). The van der Waals surface area contributed by atoms with E-state index in [1.807, 2.05) is 36.5 Å². The number of nitrogens with zero attached hydrogens (tertiary/aromatic N) is 2. The van der Waals surface area contributed by atoms with Crippen LogP contribution in [0.25, 0.3) is 10.9 Å². The molecule has 0 amide bonds. The number of nitriles is 1. The topological polar surface area (TPSA) is 73.7 Å². The number of pyridine rings is 1. The van der Waals surface area contributed by atoms with Gasteiger partial charge in [0.2, 0.25) is 0 Å². The van der Waals surface area contributed by atoms with Gasteiger partial charge in [-0.1, -0.05) is 6.07 Å². The van der Waals surface area contributed by atoms with Gasteiger partial charge in [0.1, 0.15) is 11.8 Å². The Hall–Kier alpha value is -2.84. The normalized spacial score (nSPS) is 12.0. The number of ether oxygens (including phenoxy) is 1. The number of rotatable bonds is 5. The summed E-state index contributed by atoms with van der Waals surface area (Å²) in [6.45, 7) is 0.586. The van der Waals surface area contributed by atoms with Crippen molar-refractivity contribution in [1.82, 2.24) is 15.3 Å². The van der Waals surface area contributed by atoms with Crippen molar-refractivity contribution >= 4 is 10.9 Å². The zero-order chi connectivity index (χ0) is 15.4. The lowest BCUT2D eigenvalue weighted by atomic mass is 10.1. The minimum absolute atomic E-state index is 0.402. The number of benzene rings is 1. The Morgan fingerprint density at radius 2 is 2.32 bits per heavy atom. The number of hydrogen-bond acceptors (Lipinski definition) is 4. The van der Waals surface area contributed by atoms with Gasteiger partial charge in [0, 0.05) is 41.6 Å². The van der Waals surface area contributed by atoms with E-state index < -0.39 is 6.04 Å². The summed E-state index contributed by atoms with van der Waals surface area (Å²) >= 11 is 0. The molecule has 22 heavy (non-hydrogen) atoms. The van der Waals surface area contributed by atoms with Gasteiger partial charge in [-0.3, -0.25) is 10.3 Å². The van der Waals surface area contributed by atoms with E-state index in [1.165, 1.54) is 0 Å². The van der Waals surface area contributed by atoms with Crippen LogP contribution in [0.1, 0.15) is 17.2 Å². The molecular formula is C17H16N4O. The van der Waals surface area contributed by atoms with Crippen molar-refractivity contribution < 1.29 is 4.74 Å².